The van der Waals surface area contributed by atoms with Gasteiger partial charge < -0.3 is 9.47 Å². The van der Waals surface area contributed by atoms with E-state index < -0.39 is 10.0 Å². The van der Waals surface area contributed by atoms with Crippen LogP contribution in [0.25, 0.3) is 11.3 Å². The van der Waals surface area contributed by atoms with E-state index in [1.165, 1.54) is 0 Å². The standard InChI is InChI=1S/C31H27ClN2O4S/c1-22-13-15-26(16-14-22)39(35,36)34-23(2)17-29(33-34)27-18-28(32)31(38-21-25-11-7-4-8-12-25)19-30(27)37-20-24-9-5-3-6-10-24/h3-19H,20-21H2,1-2H3. The van der Waals surface area contributed by atoms with Gasteiger partial charge in [-0.05, 0) is 49.2 Å². The highest BCUT2D eigenvalue weighted by Crippen LogP contribution is 2.39. The summed E-state index contributed by atoms with van der Waals surface area (Å²) in [4.78, 5) is 0.161. The smallest absolute Gasteiger partial charge is 0.283 e. The van der Waals surface area contributed by atoms with E-state index >= 15 is 0 Å². The lowest BCUT2D eigenvalue weighted by Crippen LogP contribution is -2.16. The number of aryl methyl sites for hydroxylation is 2. The summed E-state index contributed by atoms with van der Waals surface area (Å²) in [5.74, 6) is 0.930. The predicted octanol–water partition coefficient (Wildman–Crippen LogP) is 7.22. The van der Waals surface area contributed by atoms with Crippen molar-refractivity contribution >= 4 is 21.6 Å². The van der Waals surface area contributed by atoms with Crippen LogP contribution in [0, 0.1) is 13.8 Å². The lowest BCUT2D eigenvalue weighted by Gasteiger charge is -2.15. The third-order valence-electron chi connectivity index (χ3n) is 6.18. The van der Waals surface area contributed by atoms with Gasteiger partial charge in [0.15, 0.2) is 0 Å². The average Bonchev–Trinajstić information content (AvgIpc) is 3.35. The molecule has 0 spiro atoms. The van der Waals surface area contributed by atoms with Crippen LogP contribution >= 0.6 is 11.6 Å². The Labute approximate surface area is 233 Å². The van der Waals surface area contributed by atoms with Crippen LogP contribution in [0.3, 0.4) is 0 Å². The highest BCUT2D eigenvalue weighted by Gasteiger charge is 2.23. The Bertz CT molecular complexity index is 1680. The van der Waals surface area contributed by atoms with E-state index in [1.807, 2.05) is 67.6 Å². The molecule has 5 aromatic rings. The number of rotatable bonds is 9. The van der Waals surface area contributed by atoms with Crippen LogP contribution in [0.2, 0.25) is 5.02 Å². The van der Waals surface area contributed by atoms with Crippen molar-refractivity contribution in [1.82, 2.24) is 9.19 Å². The van der Waals surface area contributed by atoms with E-state index in [9.17, 15) is 8.42 Å². The van der Waals surface area contributed by atoms with Gasteiger partial charge in [0.1, 0.15) is 24.7 Å². The maximum absolute atomic E-state index is 13.4. The zero-order valence-corrected chi connectivity index (χ0v) is 23.1. The van der Waals surface area contributed by atoms with Crippen molar-refractivity contribution in [3.05, 3.63) is 131 Å². The van der Waals surface area contributed by atoms with Gasteiger partial charge in [0.2, 0.25) is 0 Å². The molecule has 0 aliphatic carbocycles. The van der Waals surface area contributed by atoms with Gasteiger partial charge in [0.05, 0.1) is 21.3 Å². The van der Waals surface area contributed by atoms with Gasteiger partial charge in [-0.25, -0.2) is 0 Å². The molecule has 5 rings (SSSR count). The Morgan fingerprint density at radius 1 is 0.744 bits per heavy atom. The first-order chi connectivity index (χ1) is 18.8. The summed E-state index contributed by atoms with van der Waals surface area (Å²) in [6.45, 7) is 4.24. The maximum Gasteiger partial charge on any atom is 0.283 e. The van der Waals surface area contributed by atoms with Crippen LogP contribution in [0.5, 0.6) is 11.5 Å². The van der Waals surface area contributed by atoms with Crippen LogP contribution in [0.15, 0.2) is 108 Å². The number of hydrogen-bond donors (Lipinski definition) is 0. The predicted molar refractivity (Wildman–Crippen MR) is 153 cm³/mol. The van der Waals surface area contributed by atoms with Crippen molar-refractivity contribution in [3.63, 3.8) is 0 Å². The molecule has 0 fully saturated rings. The quantitative estimate of drug-likeness (QED) is 0.191. The number of nitrogens with zero attached hydrogens (tertiary/aromatic N) is 2. The highest BCUT2D eigenvalue weighted by atomic mass is 35.5. The molecule has 39 heavy (non-hydrogen) atoms. The van der Waals surface area contributed by atoms with E-state index in [4.69, 9.17) is 21.1 Å². The largest absolute Gasteiger partial charge is 0.488 e. The van der Waals surface area contributed by atoms with Crippen molar-refractivity contribution in [3.8, 4) is 22.8 Å². The molecule has 4 aromatic carbocycles. The molecule has 1 heterocycles. The second kappa shape index (κ2) is 11.4. The van der Waals surface area contributed by atoms with E-state index in [0.29, 0.717) is 46.7 Å². The van der Waals surface area contributed by atoms with E-state index in [1.54, 1.807) is 49.4 Å². The minimum absolute atomic E-state index is 0.161. The molecule has 0 aliphatic rings. The SMILES string of the molecule is Cc1ccc(S(=O)(=O)n2nc(-c3cc(Cl)c(OCc4ccccc4)cc3OCc3ccccc3)cc2C)cc1. The lowest BCUT2D eigenvalue weighted by molar-refractivity contribution is 0.291. The van der Waals surface area contributed by atoms with Gasteiger partial charge in [-0.3, -0.25) is 0 Å². The number of hydrogen-bond acceptors (Lipinski definition) is 5. The van der Waals surface area contributed by atoms with Crippen LogP contribution < -0.4 is 9.47 Å². The molecular weight excluding hydrogens is 532 g/mol. The summed E-state index contributed by atoms with van der Waals surface area (Å²) in [5.41, 5.74) is 4.39. The lowest BCUT2D eigenvalue weighted by atomic mass is 10.1. The van der Waals surface area contributed by atoms with Gasteiger partial charge in [-0.15, -0.1) is 0 Å². The minimum atomic E-state index is -3.89. The first-order valence-electron chi connectivity index (χ1n) is 12.4. The molecule has 198 valence electrons. The van der Waals surface area contributed by atoms with Crippen LogP contribution in [-0.4, -0.2) is 17.6 Å². The fourth-order valence-corrected chi connectivity index (χ4v) is 5.60. The molecule has 0 radical (unpaired) electrons. The molecule has 0 unspecified atom stereocenters. The van der Waals surface area contributed by atoms with Gasteiger partial charge in [-0.2, -0.15) is 17.6 Å². The second-order valence-electron chi connectivity index (χ2n) is 9.16. The molecule has 0 atom stereocenters. The van der Waals surface area contributed by atoms with E-state index in [-0.39, 0.29) is 4.90 Å². The second-order valence-corrected chi connectivity index (χ2v) is 11.3. The molecular formula is C31H27ClN2O4S. The summed E-state index contributed by atoms with van der Waals surface area (Å²) >= 11 is 6.65. The molecule has 0 amide bonds. The number of ether oxygens (including phenoxy) is 2. The molecule has 0 aliphatic heterocycles. The Kier molecular flexibility index (Phi) is 7.72. The zero-order chi connectivity index (χ0) is 27.4. The Balaban J connectivity index is 1.52. The minimum Gasteiger partial charge on any atom is -0.488 e. The van der Waals surface area contributed by atoms with E-state index in [0.717, 1.165) is 20.8 Å². The van der Waals surface area contributed by atoms with Crippen molar-refractivity contribution in [2.24, 2.45) is 0 Å². The van der Waals surface area contributed by atoms with E-state index in [2.05, 4.69) is 5.10 Å². The molecule has 0 saturated carbocycles. The fourth-order valence-electron chi connectivity index (χ4n) is 4.08. The summed E-state index contributed by atoms with van der Waals surface area (Å²) in [6, 6.07) is 31.4. The maximum atomic E-state index is 13.4. The highest BCUT2D eigenvalue weighted by molar-refractivity contribution is 7.89. The first kappa shape index (κ1) is 26.5. The molecule has 8 heteroatoms. The van der Waals surface area contributed by atoms with Crippen LogP contribution in [-0.2, 0) is 23.2 Å². The summed E-state index contributed by atoms with van der Waals surface area (Å²) in [7, 11) is -3.89. The molecule has 6 nitrogen and oxygen atoms in total. The first-order valence-corrected chi connectivity index (χ1v) is 14.2. The van der Waals surface area contributed by atoms with Crippen LogP contribution in [0.4, 0.5) is 0 Å². The Morgan fingerprint density at radius 3 is 1.90 bits per heavy atom. The third-order valence-corrected chi connectivity index (χ3v) is 8.17. The van der Waals surface area contributed by atoms with Gasteiger partial charge in [0, 0.05) is 11.6 Å². The van der Waals surface area contributed by atoms with Crippen molar-refractivity contribution < 1.29 is 17.9 Å². The normalized spacial score (nSPS) is 11.4. The Morgan fingerprint density at radius 2 is 1.31 bits per heavy atom. The van der Waals surface area contributed by atoms with Crippen molar-refractivity contribution in [2.75, 3.05) is 0 Å². The number of aromatic nitrogens is 2. The monoisotopic (exact) mass is 558 g/mol. The van der Waals surface area contributed by atoms with Gasteiger partial charge in [-0.1, -0.05) is 90.0 Å². The van der Waals surface area contributed by atoms with Gasteiger partial charge in [0.25, 0.3) is 10.0 Å². The van der Waals surface area contributed by atoms with Gasteiger partial charge >= 0.3 is 0 Å². The van der Waals surface area contributed by atoms with Crippen molar-refractivity contribution in [2.45, 2.75) is 32.0 Å². The fraction of sp³-hybridized carbons (Fsp3) is 0.129. The Hall–Kier alpha value is -4.07. The molecule has 1 aromatic heterocycles. The summed E-state index contributed by atoms with van der Waals surface area (Å²) in [5, 5.41) is 4.84. The third kappa shape index (κ3) is 6.00. The average molecular weight is 559 g/mol. The molecule has 0 saturated heterocycles. The summed E-state index contributed by atoms with van der Waals surface area (Å²) in [6.07, 6.45) is 0. The van der Waals surface area contributed by atoms with Crippen LogP contribution in [0.1, 0.15) is 22.4 Å². The molecule has 0 N–H and O–H groups in total. The number of halogens is 1. The summed E-state index contributed by atoms with van der Waals surface area (Å²) < 4.78 is 40.0. The van der Waals surface area contributed by atoms with Crippen molar-refractivity contribution in [1.29, 1.82) is 0 Å². The topological polar surface area (TPSA) is 70.4 Å². The molecule has 0 bridgehead atoms. The zero-order valence-electron chi connectivity index (χ0n) is 21.5. The number of benzene rings is 4.